The zero-order chi connectivity index (χ0) is 28.5. The van der Waals surface area contributed by atoms with Gasteiger partial charge in [-0.15, -0.1) is 0 Å². The van der Waals surface area contributed by atoms with Crippen LogP contribution < -0.4 is 14.9 Å². The Bertz CT molecular complexity index is 1140. The second kappa shape index (κ2) is 14.0. The molecular weight excluding hydrogens is 547 g/mol. The molecule has 0 aromatic heterocycles. The summed E-state index contributed by atoms with van der Waals surface area (Å²) in [6.45, 7) is 10.8. The number of nitriles is 2. The van der Waals surface area contributed by atoms with Crippen LogP contribution in [-0.2, 0) is 9.31 Å². The van der Waals surface area contributed by atoms with Crippen LogP contribution in [-0.4, -0.2) is 82.6 Å². The average molecular weight is 585 g/mol. The first-order valence-corrected chi connectivity index (χ1v) is 13.2. The van der Waals surface area contributed by atoms with E-state index >= 15 is 0 Å². The van der Waals surface area contributed by atoms with Crippen molar-refractivity contribution < 1.29 is 18.8 Å². The number of likely N-dealkylation sites (N-methyl/N-ethyl adjacent to an activating group) is 2. The van der Waals surface area contributed by atoms with Crippen molar-refractivity contribution >= 4 is 28.5 Å². The van der Waals surface area contributed by atoms with E-state index in [1.807, 2.05) is 83.9 Å². The van der Waals surface area contributed by atoms with Crippen molar-refractivity contribution in [2.75, 3.05) is 54.5 Å². The van der Waals surface area contributed by atoms with Gasteiger partial charge >= 0.3 is 7.12 Å². The maximum Gasteiger partial charge on any atom is 0.494 e. The van der Waals surface area contributed by atoms with E-state index in [0.717, 1.165) is 23.0 Å². The highest BCUT2D eigenvalue weighted by Gasteiger charge is 2.51. The minimum atomic E-state index is -0.470. The van der Waals surface area contributed by atoms with Gasteiger partial charge in [0, 0.05) is 17.6 Å². The number of hydrogen-bond donors (Lipinski definition) is 0. The monoisotopic (exact) mass is 584 g/mol. The van der Waals surface area contributed by atoms with Gasteiger partial charge in [0.25, 0.3) is 0 Å². The molecule has 1 saturated heterocycles. The van der Waals surface area contributed by atoms with Crippen LogP contribution in [0.5, 0.6) is 11.5 Å². The molecule has 2 aromatic carbocycles. The third kappa shape index (κ3) is 9.01. The van der Waals surface area contributed by atoms with Crippen molar-refractivity contribution in [1.29, 1.82) is 10.5 Å². The summed E-state index contributed by atoms with van der Waals surface area (Å²) in [6, 6.07) is 15.2. The first-order chi connectivity index (χ1) is 17.8. The zero-order valence-electron chi connectivity index (χ0n) is 23.7. The van der Waals surface area contributed by atoms with E-state index in [1.54, 1.807) is 18.2 Å². The molecule has 0 N–H and O–H groups in total. The summed E-state index contributed by atoms with van der Waals surface area (Å²) in [5.41, 5.74) is 1.09. The molecule has 204 valence electrons. The van der Waals surface area contributed by atoms with Crippen LogP contribution in [0.25, 0.3) is 0 Å². The standard InChI is InChI=1S/C17H25BN2O3.C11H13BrN2O/c1-16(2)17(3,4)23-18(22-16)14-7-8-15(13(11-14)12-19)21-10-9-20(5)6;1-14(2)5-6-15-11-4-3-10(12)7-9(11)8-13/h7-8,11H,9-10H2,1-6H3;3-4,7H,5-6H2,1-2H3. The Morgan fingerprint density at radius 2 is 1.24 bits per heavy atom. The van der Waals surface area contributed by atoms with Gasteiger partial charge in [0.2, 0.25) is 0 Å². The van der Waals surface area contributed by atoms with Crippen molar-refractivity contribution in [1.82, 2.24) is 9.80 Å². The molecule has 1 aliphatic rings. The molecule has 1 aliphatic heterocycles. The molecule has 0 radical (unpaired) electrons. The Balaban J connectivity index is 0.000000293. The fraction of sp³-hybridized carbons (Fsp3) is 0.500. The van der Waals surface area contributed by atoms with Gasteiger partial charge in [0.05, 0.1) is 22.3 Å². The Morgan fingerprint density at radius 3 is 1.68 bits per heavy atom. The second-order valence-corrected chi connectivity index (χ2v) is 11.4. The number of halogens is 1. The molecule has 0 spiro atoms. The maximum absolute atomic E-state index is 9.38. The van der Waals surface area contributed by atoms with Crippen LogP contribution in [0.15, 0.2) is 40.9 Å². The molecule has 3 rings (SSSR count). The van der Waals surface area contributed by atoms with E-state index in [4.69, 9.17) is 24.0 Å². The first kappa shape index (κ1) is 31.6. The molecule has 10 heteroatoms. The Labute approximate surface area is 236 Å². The maximum atomic E-state index is 9.38. The molecule has 0 saturated carbocycles. The van der Waals surface area contributed by atoms with Crippen LogP contribution >= 0.6 is 15.9 Å². The molecule has 0 bridgehead atoms. The van der Waals surface area contributed by atoms with E-state index in [-0.39, 0.29) is 0 Å². The van der Waals surface area contributed by atoms with Gasteiger partial charge in [-0.05, 0) is 91.7 Å². The van der Waals surface area contributed by atoms with E-state index in [2.05, 4.69) is 28.1 Å². The summed E-state index contributed by atoms with van der Waals surface area (Å²) in [6.07, 6.45) is 0. The van der Waals surface area contributed by atoms with Gasteiger partial charge in [0.15, 0.2) is 0 Å². The predicted octanol–water partition coefficient (Wildman–Crippen LogP) is 4.06. The van der Waals surface area contributed by atoms with Gasteiger partial charge in [-0.2, -0.15) is 10.5 Å². The van der Waals surface area contributed by atoms with Gasteiger partial charge in [-0.3, -0.25) is 0 Å². The highest BCUT2D eigenvalue weighted by molar-refractivity contribution is 9.10. The average Bonchev–Trinajstić information content (AvgIpc) is 3.06. The van der Waals surface area contributed by atoms with Crippen LogP contribution in [0.4, 0.5) is 0 Å². The summed E-state index contributed by atoms with van der Waals surface area (Å²) in [4.78, 5) is 4.07. The fourth-order valence-electron chi connectivity index (χ4n) is 3.28. The summed E-state index contributed by atoms with van der Waals surface area (Å²) >= 11 is 3.31. The highest BCUT2D eigenvalue weighted by Crippen LogP contribution is 2.36. The van der Waals surface area contributed by atoms with Gasteiger partial charge < -0.3 is 28.6 Å². The van der Waals surface area contributed by atoms with E-state index < -0.39 is 18.3 Å². The van der Waals surface area contributed by atoms with Gasteiger partial charge in [-0.1, -0.05) is 22.0 Å². The molecule has 8 nitrogen and oxygen atoms in total. The number of hydrogen-bond acceptors (Lipinski definition) is 8. The minimum Gasteiger partial charge on any atom is -0.491 e. The SMILES string of the molecule is CN(C)CCOc1ccc(B2OC(C)(C)C(C)(C)O2)cc1C#N.CN(C)CCOc1ccc(Br)cc1C#N. The van der Waals surface area contributed by atoms with Gasteiger partial charge in [-0.25, -0.2) is 0 Å². The lowest BCUT2D eigenvalue weighted by Crippen LogP contribution is -2.41. The Morgan fingerprint density at radius 1 is 0.789 bits per heavy atom. The molecule has 0 unspecified atom stereocenters. The quantitative estimate of drug-likeness (QED) is 0.408. The lowest BCUT2D eigenvalue weighted by Gasteiger charge is -2.32. The Kier molecular flexibility index (Phi) is 11.6. The smallest absolute Gasteiger partial charge is 0.491 e. The zero-order valence-corrected chi connectivity index (χ0v) is 25.3. The lowest BCUT2D eigenvalue weighted by atomic mass is 9.78. The topological polar surface area (TPSA) is 91.0 Å². The number of benzene rings is 2. The van der Waals surface area contributed by atoms with Crippen LogP contribution in [0.2, 0.25) is 0 Å². The molecule has 0 amide bonds. The van der Waals surface area contributed by atoms with Crippen LogP contribution in [0.1, 0.15) is 38.8 Å². The van der Waals surface area contributed by atoms with Crippen LogP contribution in [0.3, 0.4) is 0 Å². The van der Waals surface area contributed by atoms with Crippen molar-refractivity contribution in [3.8, 4) is 23.6 Å². The second-order valence-electron chi connectivity index (χ2n) is 10.5. The van der Waals surface area contributed by atoms with Crippen molar-refractivity contribution in [3.63, 3.8) is 0 Å². The van der Waals surface area contributed by atoms with Crippen molar-refractivity contribution in [2.24, 2.45) is 0 Å². The summed E-state index contributed by atoms with van der Waals surface area (Å²) in [5.74, 6) is 1.23. The van der Waals surface area contributed by atoms with E-state index in [9.17, 15) is 5.26 Å². The van der Waals surface area contributed by atoms with Crippen molar-refractivity contribution in [2.45, 2.75) is 38.9 Å². The molecular formula is C28H38BBrN4O4. The molecule has 0 aliphatic carbocycles. The summed E-state index contributed by atoms with van der Waals surface area (Å²) < 4.78 is 24.1. The van der Waals surface area contributed by atoms with E-state index in [1.165, 1.54) is 0 Å². The first-order valence-electron chi connectivity index (χ1n) is 12.4. The number of ether oxygens (including phenoxy) is 2. The summed E-state index contributed by atoms with van der Waals surface area (Å²) in [7, 11) is 7.46. The normalized spacial score (nSPS) is 15.4. The lowest BCUT2D eigenvalue weighted by molar-refractivity contribution is 0.00578. The Hall–Kier alpha value is -2.60. The van der Waals surface area contributed by atoms with E-state index in [0.29, 0.717) is 35.8 Å². The fourth-order valence-corrected chi connectivity index (χ4v) is 3.64. The third-order valence-corrected chi connectivity index (χ3v) is 6.80. The highest BCUT2D eigenvalue weighted by atomic mass is 79.9. The molecule has 1 heterocycles. The molecule has 0 atom stereocenters. The number of rotatable bonds is 9. The van der Waals surface area contributed by atoms with Crippen molar-refractivity contribution in [3.05, 3.63) is 52.0 Å². The minimum absolute atomic E-state index is 0.397. The number of nitrogens with zero attached hydrogens (tertiary/aromatic N) is 4. The third-order valence-electron chi connectivity index (χ3n) is 6.30. The largest absolute Gasteiger partial charge is 0.494 e. The molecule has 38 heavy (non-hydrogen) atoms. The van der Waals surface area contributed by atoms with Gasteiger partial charge in [0.1, 0.15) is 36.9 Å². The summed E-state index contributed by atoms with van der Waals surface area (Å²) in [5, 5.41) is 18.3. The predicted molar refractivity (Wildman–Crippen MR) is 154 cm³/mol. The molecule has 1 fully saturated rings. The molecule has 2 aromatic rings. The van der Waals surface area contributed by atoms with Crippen LogP contribution in [0, 0.1) is 22.7 Å².